The van der Waals surface area contributed by atoms with Crippen LogP contribution in [0.15, 0.2) is 42.5 Å². The van der Waals surface area contributed by atoms with Crippen molar-refractivity contribution in [1.82, 2.24) is 15.5 Å². The molecule has 0 radical (unpaired) electrons. The monoisotopic (exact) mass is 656 g/mol. The van der Waals surface area contributed by atoms with Crippen LogP contribution < -0.4 is 10.6 Å². The quantitative estimate of drug-likeness (QED) is 0.228. The van der Waals surface area contributed by atoms with E-state index in [1.807, 2.05) is 12.1 Å². The summed E-state index contributed by atoms with van der Waals surface area (Å²) in [6.07, 6.45) is 14.5. The van der Waals surface area contributed by atoms with E-state index >= 15 is 0 Å². The average molecular weight is 656 g/mol. The SMILES string of the molecule is C=C(C)C1CCC2(NCCN3CCNCC3)CCC3(C)C(CCC4C5(C)CC=C(c6ccc(C(=O)OC)cc6)C(C)(C)C5CCC43C)C12. The van der Waals surface area contributed by atoms with Gasteiger partial charge in [0, 0.05) is 44.8 Å². The van der Waals surface area contributed by atoms with Crippen molar-refractivity contribution in [2.24, 2.45) is 51.2 Å². The third kappa shape index (κ3) is 5.14. The van der Waals surface area contributed by atoms with E-state index in [-0.39, 0.29) is 16.9 Å². The van der Waals surface area contributed by atoms with Gasteiger partial charge in [0.25, 0.3) is 0 Å². The number of ether oxygens (including phenoxy) is 1. The van der Waals surface area contributed by atoms with E-state index in [1.54, 1.807) is 0 Å². The molecule has 1 saturated heterocycles. The Hall–Kier alpha value is -1.95. The first-order valence-corrected chi connectivity index (χ1v) is 19.5. The minimum Gasteiger partial charge on any atom is -0.465 e. The Morgan fingerprint density at radius 2 is 1.67 bits per heavy atom. The molecule has 1 aromatic rings. The van der Waals surface area contributed by atoms with Crippen LogP contribution in [0.1, 0.15) is 115 Å². The van der Waals surface area contributed by atoms with Gasteiger partial charge in [0.1, 0.15) is 0 Å². The van der Waals surface area contributed by atoms with Crippen molar-refractivity contribution in [2.75, 3.05) is 46.4 Å². The highest BCUT2D eigenvalue weighted by molar-refractivity contribution is 5.89. The number of methoxy groups -OCH3 is 1. The first-order valence-electron chi connectivity index (χ1n) is 19.5. The van der Waals surface area contributed by atoms with Gasteiger partial charge in [-0.15, -0.1) is 0 Å². The fourth-order valence-electron chi connectivity index (χ4n) is 13.9. The van der Waals surface area contributed by atoms with Gasteiger partial charge in [0.2, 0.25) is 0 Å². The molecule has 0 bridgehead atoms. The molecule has 7 rings (SSSR count). The van der Waals surface area contributed by atoms with Crippen molar-refractivity contribution in [3.63, 3.8) is 0 Å². The second kappa shape index (κ2) is 12.4. The van der Waals surface area contributed by atoms with E-state index in [9.17, 15) is 4.79 Å². The number of carbonyl (C=O) groups is 1. The highest BCUT2D eigenvalue weighted by Gasteiger charge is 2.70. The van der Waals surface area contributed by atoms with Crippen LogP contribution in [-0.2, 0) is 4.74 Å². The number of rotatable bonds is 7. The Morgan fingerprint density at radius 1 is 0.938 bits per heavy atom. The number of nitrogens with zero attached hydrogens (tertiary/aromatic N) is 1. The van der Waals surface area contributed by atoms with Crippen LogP contribution in [0.3, 0.4) is 0 Å². The number of allylic oxidation sites excluding steroid dienone is 3. The summed E-state index contributed by atoms with van der Waals surface area (Å²) in [4.78, 5) is 14.8. The van der Waals surface area contributed by atoms with E-state index in [0.29, 0.717) is 39.6 Å². The minimum absolute atomic E-state index is 0.0748. The zero-order chi connectivity index (χ0) is 34.1. The van der Waals surface area contributed by atoms with Crippen molar-refractivity contribution >= 4 is 11.5 Å². The van der Waals surface area contributed by atoms with Gasteiger partial charge in [-0.05, 0) is 139 Å². The fraction of sp³-hybridized carbons (Fsp3) is 0.744. The number of benzene rings is 1. The molecule has 0 spiro atoms. The van der Waals surface area contributed by atoms with Gasteiger partial charge in [-0.25, -0.2) is 4.79 Å². The van der Waals surface area contributed by atoms with Crippen LogP contribution in [0.4, 0.5) is 0 Å². The molecule has 4 saturated carbocycles. The summed E-state index contributed by atoms with van der Waals surface area (Å²) in [5.41, 5.74) is 6.14. The molecule has 5 heteroatoms. The van der Waals surface area contributed by atoms with E-state index in [1.165, 1.54) is 94.8 Å². The Kier molecular flexibility index (Phi) is 8.89. The molecule has 5 aliphatic carbocycles. The molecule has 5 fully saturated rings. The van der Waals surface area contributed by atoms with Crippen molar-refractivity contribution in [2.45, 2.75) is 105 Å². The molecule has 2 N–H and O–H groups in total. The number of hydrogen-bond acceptors (Lipinski definition) is 5. The number of esters is 1. The van der Waals surface area contributed by atoms with Crippen LogP contribution in [-0.4, -0.2) is 62.8 Å². The molecular formula is C43H65N3O2. The van der Waals surface area contributed by atoms with Crippen LogP contribution >= 0.6 is 0 Å². The molecule has 264 valence electrons. The summed E-state index contributed by atoms with van der Waals surface area (Å²) in [5, 5.41) is 7.85. The van der Waals surface area contributed by atoms with E-state index in [4.69, 9.17) is 4.74 Å². The summed E-state index contributed by atoms with van der Waals surface area (Å²) >= 11 is 0. The molecule has 6 aliphatic rings. The van der Waals surface area contributed by atoms with Gasteiger partial charge >= 0.3 is 5.97 Å². The van der Waals surface area contributed by atoms with Gasteiger partial charge in [0.05, 0.1) is 12.7 Å². The second-order valence-electron chi connectivity index (χ2n) is 18.5. The molecule has 1 heterocycles. The van der Waals surface area contributed by atoms with Crippen LogP contribution in [0.25, 0.3) is 5.57 Å². The van der Waals surface area contributed by atoms with Crippen LogP contribution in [0.2, 0.25) is 0 Å². The molecule has 1 aliphatic heterocycles. The molecular weight excluding hydrogens is 590 g/mol. The van der Waals surface area contributed by atoms with Crippen molar-refractivity contribution in [1.29, 1.82) is 0 Å². The van der Waals surface area contributed by atoms with E-state index in [0.717, 1.165) is 37.9 Å². The minimum atomic E-state index is -0.264. The lowest BCUT2D eigenvalue weighted by Crippen LogP contribution is -2.68. The Bertz CT molecular complexity index is 1430. The predicted molar refractivity (Wildman–Crippen MR) is 198 cm³/mol. The van der Waals surface area contributed by atoms with Crippen molar-refractivity contribution in [3.8, 4) is 0 Å². The van der Waals surface area contributed by atoms with E-state index in [2.05, 4.69) is 81.9 Å². The highest BCUT2D eigenvalue weighted by Crippen LogP contribution is 2.76. The van der Waals surface area contributed by atoms with Crippen molar-refractivity contribution in [3.05, 3.63) is 53.6 Å². The molecule has 48 heavy (non-hydrogen) atoms. The summed E-state index contributed by atoms with van der Waals surface area (Å²) < 4.78 is 4.97. The molecule has 5 nitrogen and oxygen atoms in total. The lowest BCUT2D eigenvalue weighted by molar-refractivity contribution is -0.219. The molecule has 0 amide bonds. The second-order valence-corrected chi connectivity index (χ2v) is 18.5. The van der Waals surface area contributed by atoms with Gasteiger partial charge in [-0.1, -0.05) is 65.0 Å². The number of nitrogens with one attached hydrogen (secondary N) is 2. The highest BCUT2D eigenvalue weighted by atomic mass is 16.5. The molecule has 1 aromatic carbocycles. The number of hydrogen-bond donors (Lipinski definition) is 2. The smallest absolute Gasteiger partial charge is 0.337 e. The summed E-state index contributed by atoms with van der Waals surface area (Å²) in [6, 6.07) is 8.17. The first kappa shape index (κ1) is 34.5. The van der Waals surface area contributed by atoms with Crippen LogP contribution in [0.5, 0.6) is 0 Å². The lowest BCUT2D eigenvalue weighted by atomic mass is 9.33. The molecule has 9 unspecified atom stereocenters. The number of fused-ring (bicyclic) bond motifs is 7. The Labute approximate surface area is 292 Å². The predicted octanol–water partition coefficient (Wildman–Crippen LogP) is 8.37. The average Bonchev–Trinajstić information content (AvgIpc) is 3.45. The zero-order valence-corrected chi connectivity index (χ0v) is 31.4. The van der Waals surface area contributed by atoms with Gasteiger partial charge < -0.3 is 15.4 Å². The van der Waals surface area contributed by atoms with Crippen LogP contribution in [0, 0.1) is 51.2 Å². The number of piperazine rings is 1. The summed E-state index contributed by atoms with van der Waals surface area (Å²) in [5.74, 6) is 3.24. The maximum atomic E-state index is 12.1. The standard InChI is InChI=1S/C43H65N3O2/c1-29(2)32-15-20-43(45-25-28-46-26-23-44-24-27-46)22-21-41(6)34(37(32)43)13-14-36-40(5)18-16-33(30-9-11-31(12-10-30)38(47)48-8)39(3,4)35(40)17-19-42(36,41)7/h9-12,16,32,34-37,44-45H,1,13-15,17-28H2,2-8H3. The first-order chi connectivity index (χ1) is 22.8. The third-order valence-electron chi connectivity index (χ3n) is 16.4. The maximum Gasteiger partial charge on any atom is 0.337 e. The largest absolute Gasteiger partial charge is 0.465 e. The van der Waals surface area contributed by atoms with Gasteiger partial charge in [0.15, 0.2) is 0 Å². The van der Waals surface area contributed by atoms with E-state index < -0.39 is 0 Å². The lowest BCUT2D eigenvalue weighted by Gasteiger charge is -2.72. The van der Waals surface area contributed by atoms with Gasteiger partial charge in [-0.3, -0.25) is 4.90 Å². The Balaban J connectivity index is 1.16. The topological polar surface area (TPSA) is 53.6 Å². The molecule has 9 atom stereocenters. The number of carbonyl (C=O) groups excluding carboxylic acids is 1. The van der Waals surface area contributed by atoms with Gasteiger partial charge in [-0.2, -0.15) is 0 Å². The normalized spacial score (nSPS) is 42.1. The Morgan fingerprint density at radius 3 is 2.35 bits per heavy atom. The zero-order valence-electron chi connectivity index (χ0n) is 31.4. The fourth-order valence-corrected chi connectivity index (χ4v) is 13.9. The molecule has 0 aromatic heterocycles. The third-order valence-corrected chi connectivity index (χ3v) is 16.4. The summed E-state index contributed by atoms with van der Waals surface area (Å²) in [7, 11) is 1.46. The van der Waals surface area contributed by atoms with Crippen molar-refractivity contribution < 1.29 is 9.53 Å². The maximum absolute atomic E-state index is 12.1. The summed E-state index contributed by atoms with van der Waals surface area (Å²) in [6.45, 7) is 27.1.